The normalized spacial score (nSPS) is 20.2. The summed E-state index contributed by atoms with van der Waals surface area (Å²) in [5.74, 6) is 1.96. The molecule has 0 aromatic carbocycles. The van der Waals surface area contributed by atoms with Gasteiger partial charge in [0.25, 0.3) is 0 Å². The maximum Gasteiger partial charge on any atom is 0.0757 e. The first-order chi connectivity index (χ1) is 7.68. The van der Waals surface area contributed by atoms with Gasteiger partial charge in [0.1, 0.15) is 0 Å². The Morgan fingerprint density at radius 3 is 2.69 bits per heavy atom. The highest BCUT2D eigenvalue weighted by Gasteiger charge is 2.13. The van der Waals surface area contributed by atoms with Gasteiger partial charge >= 0.3 is 0 Å². The number of aliphatic hydroxyl groups is 1. The minimum atomic E-state index is -0.176. The van der Waals surface area contributed by atoms with Crippen LogP contribution < -0.4 is 5.32 Å². The van der Waals surface area contributed by atoms with Crippen LogP contribution in [0.5, 0.6) is 0 Å². The van der Waals surface area contributed by atoms with Crippen LogP contribution in [0, 0.1) is 0 Å². The molecule has 96 valence electrons. The van der Waals surface area contributed by atoms with Crippen molar-refractivity contribution in [1.29, 1.82) is 0 Å². The van der Waals surface area contributed by atoms with Gasteiger partial charge in [0.15, 0.2) is 0 Å². The monoisotopic (exact) mass is 247 g/mol. The minimum Gasteiger partial charge on any atom is -0.391 e. The quantitative estimate of drug-likeness (QED) is 0.596. The third-order valence-electron chi connectivity index (χ3n) is 2.67. The van der Waals surface area contributed by atoms with Gasteiger partial charge in [0, 0.05) is 50.8 Å². The molecular weight excluding hydrogens is 222 g/mol. The highest BCUT2D eigenvalue weighted by molar-refractivity contribution is 7.99. The van der Waals surface area contributed by atoms with Gasteiger partial charge in [-0.1, -0.05) is 0 Å². The summed E-state index contributed by atoms with van der Waals surface area (Å²) >= 11 is 1.84. The van der Waals surface area contributed by atoms with E-state index in [9.17, 15) is 5.11 Å². The number of rotatable bonds is 7. The predicted octanol–water partition coefficient (Wildman–Crippen LogP) is -0.453. The van der Waals surface area contributed by atoms with Crippen LogP contribution in [0.15, 0.2) is 0 Å². The van der Waals surface area contributed by atoms with Gasteiger partial charge in [-0.3, -0.25) is 4.90 Å². The summed E-state index contributed by atoms with van der Waals surface area (Å²) in [6, 6.07) is 0. The lowest BCUT2D eigenvalue weighted by molar-refractivity contribution is 0.121. The lowest BCUT2D eigenvalue weighted by Crippen LogP contribution is -2.46. The van der Waals surface area contributed by atoms with E-state index in [2.05, 4.69) is 29.2 Å². The Kier molecular flexibility index (Phi) is 7.40. The molecule has 2 N–H and O–H groups in total. The van der Waals surface area contributed by atoms with Crippen LogP contribution in [0.4, 0.5) is 0 Å². The van der Waals surface area contributed by atoms with Crippen LogP contribution in [-0.4, -0.2) is 85.9 Å². The van der Waals surface area contributed by atoms with Crippen LogP contribution in [0.2, 0.25) is 0 Å². The average molecular weight is 247 g/mol. The van der Waals surface area contributed by atoms with Crippen LogP contribution in [0.3, 0.4) is 0 Å². The van der Waals surface area contributed by atoms with Crippen molar-refractivity contribution in [3.05, 3.63) is 0 Å². The second-order valence-electron chi connectivity index (χ2n) is 4.58. The molecule has 0 amide bonds. The number of β-amino-alcohol motifs (C(OH)–C–C–N with tert-alkyl or cyclic N) is 1. The molecule has 0 bridgehead atoms. The molecule has 1 heterocycles. The maximum atomic E-state index is 9.87. The Labute approximate surface area is 103 Å². The summed E-state index contributed by atoms with van der Waals surface area (Å²) in [5.41, 5.74) is 0. The van der Waals surface area contributed by atoms with Gasteiger partial charge in [0.05, 0.1) is 6.10 Å². The van der Waals surface area contributed by atoms with E-state index in [0.29, 0.717) is 0 Å². The van der Waals surface area contributed by atoms with Crippen LogP contribution in [-0.2, 0) is 0 Å². The third-order valence-corrected chi connectivity index (χ3v) is 3.76. The van der Waals surface area contributed by atoms with Crippen molar-refractivity contribution in [2.45, 2.75) is 6.10 Å². The molecule has 0 saturated carbocycles. The number of thioether (sulfide) groups is 1. The van der Waals surface area contributed by atoms with Crippen molar-refractivity contribution in [3.63, 3.8) is 0 Å². The standard InChI is InChI=1S/C11H25N3OS/c1-13(2)7-8-16-10-11(15)9-14-5-3-12-4-6-14/h11-12,15H,3-10H2,1-2H3. The number of nitrogens with zero attached hydrogens (tertiary/aromatic N) is 2. The topological polar surface area (TPSA) is 38.7 Å². The van der Waals surface area contributed by atoms with Crippen molar-refractivity contribution in [3.8, 4) is 0 Å². The van der Waals surface area contributed by atoms with Crippen molar-refractivity contribution in [2.75, 3.05) is 64.9 Å². The zero-order valence-electron chi connectivity index (χ0n) is 10.5. The molecule has 1 aliphatic rings. The molecule has 1 aliphatic heterocycles. The summed E-state index contributed by atoms with van der Waals surface area (Å²) < 4.78 is 0. The lowest BCUT2D eigenvalue weighted by Gasteiger charge is -2.29. The number of nitrogens with one attached hydrogen (secondary N) is 1. The van der Waals surface area contributed by atoms with Gasteiger partial charge in [-0.05, 0) is 14.1 Å². The third kappa shape index (κ3) is 6.70. The second-order valence-corrected chi connectivity index (χ2v) is 5.73. The number of aliphatic hydroxyl groups excluding tert-OH is 1. The zero-order chi connectivity index (χ0) is 11.8. The highest BCUT2D eigenvalue weighted by atomic mass is 32.2. The van der Waals surface area contributed by atoms with E-state index < -0.39 is 0 Å². The van der Waals surface area contributed by atoms with Gasteiger partial charge < -0.3 is 15.3 Å². The van der Waals surface area contributed by atoms with E-state index in [0.717, 1.165) is 50.8 Å². The first-order valence-electron chi connectivity index (χ1n) is 6.02. The largest absolute Gasteiger partial charge is 0.391 e. The van der Waals surface area contributed by atoms with Gasteiger partial charge in [-0.2, -0.15) is 11.8 Å². The first kappa shape index (κ1) is 14.3. The summed E-state index contributed by atoms with van der Waals surface area (Å²) in [4.78, 5) is 4.52. The smallest absolute Gasteiger partial charge is 0.0757 e. The van der Waals surface area contributed by atoms with Crippen molar-refractivity contribution >= 4 is 11.8 Å². The summed E-state index contributed by atoms with van der Waals surface area (Å²) in [6.07, 6.45) is -0.176. The highest BCUT2D eigenvalue weighted by Crippen LogP contribution is 2.05. The molecule has 0 radical (unpaired) electrons. The van der Waals surface area contributed by atoms with Gasteiger partial charge in [0.2, 0.25) is 0 Å². The van der Waals surface area contributed by atoms with Gasteiger partial charge in [-0.15, -0.1) is 0 Å². The number of hydrogen-bond acceptors (Lipinski definition) is 5. The molecule has 5 heteroatoms. The predicted molar refractivity (Wildman–Crippen MR) is 71.2 cm³/mol. The number of piperazine rings is 1. The Bertz CT molecular complexity index is 175. The van der Waals surface area contributed by atoms with Gasteiger partial charge in [-0.25, -0.2) is 0 Å². The molecule has 1 atom stereocenters. The summed E-state index contributed by atoms with van der Waals surface area (Å²) in [6.45, 7) is 6.17. The molecule has 16 heavy (non-hydrogen) atoms. The second kappa shape index (κ2) is 8.31. The summed E-state index contributed by atoms with van der Waals surface area (Å²) in [7, 11) is 4.16. The van der Waals surface area contributed by atoms with Crippen molar-refractivity contribution < 1.29 is 5.11 Å². The van der Waals surface area contributed by atoms with E-state index in [4.69, 9.17) is 0 Å². The minimum absolute atomic E-state index is 0.176. The van der Waals surface area contributed by atoms with Crippen LogP contribution in [0.1, 0.15) is 0 Å². The van der Waals surface area contributed by atoms with E-state index in [1.807, 2.05) is 11.8 Å². The van der Waals surface area contributed by atoms with E-state index in [1.54, 1.807) is 0 Å². The van der Waals surface area contributed by atoms with Crippen LogP contribution >= 0.6 is 11.8 Å². The zero-order valence-corrected chi connectivity index (χ0v) is 11.3. The Balaban J connectivity index is 1.99. The molecule has 0 aliphatic carbocycles. The molecular formula is C11H25N3OS. The fourth-order valence-corrected chi connectivity index (χ4v) is 2.75. The Morgan fingerprint density at radius 1 is 1.38 bits per heavy atom. The van der Waals surface area contributed by atoms with E-state index >= 15 is 0 Å². The molecule has 1 rings (SSSR count). The SMILES string of the molecule is CN(C)CCSCC(O)CN1CCNCC1. The molecule has 0 aromatic rings. The molecule has 1 saturated heterocycles. The fraction of sp³-hybridized carbons (Fsp3) is 1.00. The molecule has 1 unspecified atom stereocenters. The van der Waals surface area contributed by atoms with Crippen LogP contribution in [0.25, 0.3) is 0 Å². The fourth-order valence-electron chi connectivity index (χ4n) is 1.71. The molecule has 0 spiro atoms. The van der Waals surface area contributed by atoms with E-state index in [1.165, 1.54) is 0 Å². The summed E-state index contributed by atoms with van der Waals surface area (Å²) in [5, 5.41) is 13.2. The average Bonchev–Trinajstić information content (AvgIpc) is 2.25. The molecule has 0 aromatic heterocycles. The van der Waals surface area contributed by atoms with Crippen molar-refractivity contribution in [1.82, 2.24) is 15.1 Å². The number of hydrogen-bond donors (Lipinski definition) is 2. The molecule has 4 nitrogen and oxygen atoms in total. The Hall–Kier alpha value is 0.190. The van der Waals surface area contributed by atoms with E-state index in [-0.39, 0.29) is 6.10 Å². The molecule has 1 fully saturated rings. The maximum absolute atomic E-state index is 9.87. The lowest BCUT2D eigenvalue weighted by atomic mass is 10.3. The first-order valence-corrected chi connectivity index (χ1v) is 7.17. The van der Waals surface area contributed by atoms with Crippen molar-refractivity contribution in [2.24, 2.45) is 0 Å². The Morgan fingerprint density at radius 2 is 2.06 bits per heavy atom.